The fraction of sp³-hybridized carbons (Fsp3) is 0.158. The van der Waals surface area contributed by atoms with Gasteiger partial charge in [0.05, 0.1) is 6.42 Å². The van der Waals surface area contributed by atoms with Crippen LogP contribution < -0.4 is 10.6 Å². The van der Waals surface area contributed by atoms with E-state index >= 15 is 0 Å². The lowest BCUT2D eigenvalue weighted by Crippen LogP contribution is -2.15. The van der Waals surface area contributed by atoms with Crippen molar-refractivity contribution in [1.29, 1.82) is 0 Å². The smallest absolute Gasteiger partial charge is 0.228 e. The van der Waals surface area contributed by atoms with Gasteiger partial charge < -0.3 is 15.6 Å². The number of carbonyl (C=O) groups is 2. The van der Waals surface area contributed by atoms with E-state index < -0.39 is 0 Å². The number of hydrogen-bond donors (Lipinski definition) is 3. The van der Waals surface area contributed by atoms with Gasteiger partial charge in [-0.05, 0) is 36.8 Å². The molecular weight excluding hydrogens is 302 g/mol. The summed E-state index contributed by atoms with van der Waals surface area (Å²) >= 11 is 0. The van der Waals surface area contributed by atoms with Gasteiger partial charge in [0.15, 0.2) is 0 Å². The summed E-state index contributed by atoms with van der Waals surface area (Å²) in [5.74, 6) is -0.240. The summed E-state index contributed by atoms with van der Waals surface area (Å²) < 4.78 is 0. The van der Waals surface area contributed by atoms with Crippen LogP contribution in [-0.2, 0) is 16.0 Å². The standard InChI is InChI=1S/C19H19N3O2/c1-12-17(16-8-3-4-9-18(16)20-12)11-19(24)22-15-7-5-6-14(10-15)21-13(2)23/h3-10,20H,11H2,1-2H3,(H,21,23)(H,22,24). The van der Waals surface area contributed by atoms with E-state index in [1.54, 1.807) is 24.3 Å². The topological polar surface area (TPSA) is 74.0 Å². The van der Waals surface area contributed by atoms with E-state index in [2.05, 4.69) is 15.6 Å². The van der Waals surface area contributed by atoms with Crippen molar-refractivity contribution in [3.63, 3.8) is 0 Å². The monoisotopic (exact) mass is 321 g/mol. The summed E-state index contributed by atoms with van der Waals surface area (Å²) in [5.41, 5.74) is 4.34. The van der Waals surface area contributed by atoms with E-state index in [9.17, 15) is 9.59 Å². The first kappa shape index (κ1) is 15.8. The number of anilines is 2. The molecule has 3 rings (SSSR count). The second kappa shape index (κ2) is 6.58. The third-order valence-electron chi connectivity index (χ3n) is 3.83. The zero-order chi connectivity index (χ0) is 17.1. The third-order valence-corrected chi connectivity index (χ3v) is 3.83. The summed E-state index contributed by atoms with van der Waals surface area (Å²) in [6.07, 6.45) is 0.292. The SMILES string of the molecule is CC(=O)Nc1cccc(NC(=O)Cc2c(C)[nH]c3ccccc23)c1. The highest BCUT2D eigenvalue weighted by molar-refractivity contribution is 5.97. The molecule has 0 unspecified atom stereocenters. The first-order chi connectivity index (χ1) is 11.5. The highest BCUT2D eigenvalue weighted by Gasteiger charge is 2.12. The van der Waals surface area contributed by atoms with Gasteiger partial charge in [-0.15, -0.1) is 0 Å². The van der Waals surface area contributed by atoms with Crippen LogP contribution in [0.5, 0.6) is 0 Å². The van der Waals surface area contributed by atoms with Crippen LogP contribution in [0.3, 0.4) is 0 Å². The highest BCUT2D eigenvalue weighted by Crippen LogP contribution is 2.23. The van der Waals surface area contributed by atoms with Crippen LogP contribution in [0.2, 0.25) is 0 Å². The van der Waals surface area contributed by atoms with Gasteiger partial charge in [0.25, 0.3) is 0 Å². The maximum absolute atomic E-state index is 12.4. The average molecular weight is 321 g/mol. The van der Waals surface area contributed by atoms with Gasteiger partial charge in [0, 0.05) is 34.9 Å². The molecule has 0 saturated heterocycles. The van der Waals surface area contributed by atoms with Gasteiger partial charge in [-0.2, -0.15) is 0 Å². The molecule has 0 aliphatic carbocycles. The zero-order valence-corrected chi connectivity index (χ0v) is 13.6. The van der Waals surface area contributed by atoms with Gasteiger partial charge in [-0.3, -0.25) is 9.59 Å². The predicted molar refractivity (Wildman–Crippen MR) is 96.1 cm³/mol. The van der Waals surface area contributed by atoms with E-state index in [0.29, 0.717) is 17.8 Å². The molecule has 2 amide bonds. The molecule has 0 spiro atoms. The normalized spacial score (nSPS) is 10.6. The Bertz CT molecular complexity index is 912. The van der Waals surface area contributed by atoms with E-state index in [4.69, 9.17) is 0 Å². The van der Waals surface area contributed by atoms with Gasteiger partial charge in [-0.1, -0.05) is 24.3 Å². The Labute approximate surface area is 140 Å². The van der Waals surface area contributed by atoms with Gasteiger partial charge >= 0.3 is 0 Å². The summed E-state index contributed by atoms with van der Waals surface area (Å²) in [6.45, 7) is 3.42. The molecule has 0 aliphatic rings. The molecule has 0 radical (unpaired) electrons. The molecular formula is C19H19N3O2. The zero-order valence-electron chi connectivity index (χ0n) is 13.6. The molecule has 122 valence electrons. The highest BCUT2D eigenvalue weighted by atomic mass is 16.2. The minimum absolute atomic E-state index is 0.0946. The number of fused-ring (bicyclic) bond motifs is 1. The fourth-order valence-corrected chi connectivity index (χ4v) is 2.81. The second-order valence-electron chi connectivity index (χ2n) is 5.76. The number of amides is 2. The summed E-state index contributed by atoms with van der Waals surface area (Å²) in [6, 6.07) is 15.1. The van der Waals surface area contributed by atoms with Crippen LogP contribution >= 0.6 is 0 Å². The van der Waals surface area contributed by atoms with Crippen LogP contribution in [-0.4, -0.2) is 16.8 Å². The van der Waals surface area contributed by atoms with Crippen molar-refractivity contribution < 1.29 is 9.59 Å². The largest absolute Gasteiger partial charge is 0.358 e. The molecule has 0 atom stereocenters. The Hall–Kier alpha value is -3.08. The van der Waals surface area contributed by atoms with Crippen molar-refractivity contribution in [2.75, 3.05) is 10.6 Å². The van der Waals surface area contributed by atoms with E-state index in [0.717, 1.165) is 22.2 Å². The molecule has 0 saturated carbocycles. The van der Waals surface area contributed by atoms with Gasteiger partial charge in [-0.25, -0.2) is 0 Å². The molecule has 0 fully saturated rings. The number of aromatic amines is 1. The third kappa shape index (κ3) is 3.46. The Kier molecular flexibility index (Phi) is 4.33. The molecule has 1 heterocycles. The summed E-state index contributed by atoms with van der Waals surface area (Å²) in [4.78, 5) is 26.8. The molecule has 24 heavy (non-hydrogen) atoms. The van der Waals surface area contributed by atoms with Crippen molar-refractivity contribution in [3.05, 3.63) is 59.8 Å². The van der Waals surface area contributed by atoms with Crippen molar-refractivity contribution in [1.82, 2.24) is 4.98 Å². The van der Waals surface area contributed by atoms with E-state index in [1.807, 2.05) is 31.2 Å². The van der Waals surface area contributed by atoms with E-state index in [1.165, 1.54) is 6.92 Å². The van der Waals surface area contributed by atoms with Crippen LogP contribution in [0.25, 0.3) is 10.9 Å². The number of aryl methyl sites for hydroxylation is 1. The Morgan fingerprint density at radius 1 is 1.00 bits per heavy atom. The quantitative estimate of drug-likeness (QED) is 0.686. The predicted octanol–water partition coefficient (Wildman–Crippen LogP) is 3.62. The first-order valence-electron chi connectivity index (χ1n) is 7.76. The summed E-state index contributed by atoms with van der Waals surface area (Å²) in [5, 5.41) is 6.65. The van der Waals surface area contributed by atoms with Crippen LogP contribution in [0.15, 0.2) is 48.5 Å². The lowest BCUT2D eigenvalue weighted by atomic mass is 10.1. The van der Waals surface area contributed by atoms with Crippen LogP contribution in [0.4, 0.5) is 11.4 Å². The lowest BCUT2D eigenvalue weighted by Gasteiger charge is -2.08. The maximum Gasteiger partial charge on any atom is 0.228 e. The number of benzene rings is 2. The number of nitrogens with one attached hydrogen (secondary N) is 3. The Balaban J connectivity index is 1.76. The minimum Gasteiger partial charge on any atom is -0.358 e. The van der Waals surface area contributed by atoms with Crippen molar-refractivity contribution in [2.24, 2.45) is 0 Å². The molecule has 3 aromatic rings. The average Bonchev–Trinajstić information content (AvgIpc) is 2.83. The number of hydrogen-bond acceptors (Lipinski definition) is 2. The number of rotatable bonds is 4. The molecule has 5 heteroatoms. The number of para-hydroxylation sites is 1. The molecule has 0 bridgehead atoms. The van der Waals surface area contributed by atoms with Gasteiger partial charge in [0.1, 0.15) is 0 Å². The fourth-order valence-electron chi connectivity index (χ4n) is 2.81. The first-order valence-corrected chi connectivity index (χ1v) is 7.76. The second-order valence-corrected chi connectivity index (χ2v) is 5.76. The molecule has 3 N–H and O–H groups in total. The van der Waals surface area contributed by atoms with Crippen molar-refractivity contribution in [2.45, 2.75) is 20.3 Å². The molecule has 0 aliphatic heterocycles. The summed E-state index contributed by atoms with van der Waals surface area (Å²) in [7, 11) is 0. The number of carbonyl (C=O) groups excluding carboxylic acids is 2. The van der Waals surface area contributed by atoms with Gasteiger partial charge in [0.2, 0.25) is 11.8 Å². The molecule has 2 aromatic carbocycles. The lowest BCUT2D eigenvalue weighted by molar-refractivity contribution is -0.115. The Morgan fingerprint density at radius 2 is 1.71 bits per heavy atom. The molecule has 5 nitrogen and oxygen atoms in total. The minimum atomic E-state index is -0.145. The number of H-pyrrole nitrogens is 1. The van der Waals surface area contributed by atoms with Crippen LogP contribution in [0.1, 0.15) is 18.2 Å². The molecule has 1 aromatic heterocycles. The maximum atomic E-state index is 12.4. The Morgan fingerprint density at radius 3 is 2.46 bits per heavy atom. The number of aromatic nitrogens is 1. The van der Waals surface area contributed by atoms with Crippen LogP contribution in [0, 0.1) is 6.92 Å². The van der Waals surface area contributed by atoms with Crippen molar-refractivity contribution in [3.8, 4) is 0 Å². The van der Waals surface area contributed by atoms with E-state index in [-0.39, 0.29) is 11.8 Å². The van der Waals surface area contributed by atoms with Crippen molar-refractivity contribution >= 4 is 34.1 Å².